The highest BCUT2D eigenvalue weighted by molar-refractivity contribution is 6.07. The Balaban J connectivity index is 1.52. The molecule has 4 rings (SSSR count). The Morgan fingerprint density at radius 3 is 2.61 bits per heavy atom. The van der Waals surface area contributed by atoms with Crippen LogP contribution in [0, 0.1) is 6.92 Å². The Labute approximate surface area is 190 Å². The number of anilines is 3. The Kier molecular flexibility index (Phi) is 6.35. The monoisotopic (exact) mass is 442 g/mol. The fraction of sp³-hybridized carbons (Fsp3) is 0.130. The van der Waals surface area contributed by atoms with Gasteiger partial charge in [0.25, 0.3) is 11.8 Å². The highest BCUT2D eigenvalue weighted by Crippen LogP contribution is 2.29. The van der Waals surface area contributed by atoms with E-state index in [1.807, 2.05) is 43.3 Å². The minimum absolute atomic E-state index is 0.211. The van der Waals surface area contributed by atoms with Crippen LogP contribution in [0.4, 0.5) is 23.0 Å². The molecule has 33 heavy (non-hydrogen) atoms. The number of hydrogen-bond donors (Lipinski definition) is 3. The fourth-order valence-corrected chi connectivity index (χ4v) is 3.06. The number of carbonyl (C=O) groups is 1. The topological polar surface area (TPSA) is 144 Å². The number of nitrogen functional groups attached to an aromatic ring is 1. The number of hydrogen-bond acceptors (Lipinski definition) is 9. The van der Waals surface area contributed by atoms with Gasteiger partial charge in [-0.15, -0.1) is 10.2 Å². The van der Waals surface area contributed by atoms with Crippen molar-refractivity contribution in [2.75, 3.05) is 16.4 Å². The fourth-order valence-electron chi connectivity index (χ4n) is 3.06. The van der Waals surface area contributed by atoms with Gasteiger partial charge in [-0.2, -0.15) is 0 Å². The van der Waals surface area contributed by atoms with Crippen LogP contribution >= 0.6 is 0 Å². The lowest BCUT2D eigenvalue weighted by Gasteiger charge is -2.13. The van der Waals surface area contributed by atoms with Crippen molar-refractivity contribution in [1.29, 1.82) is 0 Å². The minimum Gasteiger partial charge on any atom is -0.421 e. The molecule has 0 aliphatic heterocycles. The molecule has 0 bridgehead atoms. The molecule has 1 amide bonds. The summed E-state index contributed by atoms with van der Waals surface area (Å²) in [4.78, 5) is 25.5. The number of carbonyl (C=O) groups excluding carboxylic acids is 1. The molecule has 0 aliphatic rings. The summed E-state index contributed by atoms with van der Waals surface area (Å²) in [5, 5.41) is 13.9. The maximum absolute atomic E-state index is 12.8. The van der Waals surface area contributed by atoms with Crippen molar-refractivity contribution in [2.24, 2.45) is 4.99 Å². The van der Waals surface area contributed by atoms with E-state index < -0.39 is 0 Å². The summed E-state index contributed by atoms with van der Waals surface area (Å²) in [6.45, 7) is 3.57. The summed E-state index contributed by atoms with van der Waals surface area (Å²) in [6, 6.07) is 16.1. The molecule has 0 saturated carbocycles. The lowest BCUT2D eigenvalue weighted by Crippen LogP contribution is -2.19. The second kappa shape index (κ2) is 9.69. The van der Waals surface area contributed by atoms with E-state index in [1.54, 1.807) is 31.3 Å². The van der Waals surface area contributed by atoms with Gasteiger partial charge in [-0.05, 0) is 31.2 Å². The summed E-state index contributed by atoms with van der Waals surface area (Å²) in [6.07, 6.45) is 3.02. The first-order chi connectivity index (χ1) is 16.0. The number of nitrogens with two attached hydrogens (primary N) is 1. The van der Waals surface area contributed by atoms with Gasteiger partial charge in [0.1, 0.15) is 23.5 Å². The number of aryl methyl sites for hydroxylation is 1. The van der Waals surface area contributed by atoms with Gasteiger partial charge in [0.15, 0.2) is 0 Å². The molecule has 0 spiro atoms. The standard InChI is InChI=1S/C23H22N8O2/c1-14(28-21-19(20(24)26-13-27-21)23-31-30-15(2)33-23)12-25-18-11-7-6-10-17(18)22(32)29-16-8-4-3-5-9-16/h3-14H,1-2H3,(H,29,32)(H3,24,26,27,28)/t14-/m0/s1. The van der Waals surface area contributed by atoms with Gasteiger partial charge in [0.2, 0.25) is 5.89 Å². The molecular weight excluding hydrogens is 420 g/mol. The van der Waals surface area contributed by atoms with E-state index in [0.717, 1.165) is 0 Å². The van der Waals surface area contributed by atoms with E-state index in [9.17, 15) is 4.79 Å². The molecule has 2 heterocycles. The average molecular weight is 442 g/mol. The quantitative estimate of drug-likeness (QED) is 0.366. The predicted molar refractivity (Wildman–Crippen MR) is 127 cm³/mol. The number of para-hydroxylation sites is 2. The molecule has 2 aromatic heterocycles. The van der Waals surface area contributed by atoms with E-state index in [1.165, 1.54) is 6.33 Å². The van der Waals surface area contributed by atoms with Gasteiger partial charge < -0.3 is 20.8 Å². The zero-order valence-corrected chi connectivity index (χ0v) is 18.1. The Hall–Kier alpha value is -4.60. The highest BCUT2D eigenvalue weighted by Gasteiger charge is 2.18. The predicted octanol–water partition coefficient (Wildman–Crippen LogP) is 3.87. The van der Waals surface area contributed by atoms with Gasteiger partial charge >= 0.3 is 0 Å². The molecule has 0 radical (unpaired) electrons. The van der Waals surface area contributed by atoms with Gasteiger partial charge in [-0.25, -0.2) is 9.97 Å². The van der Waals surface area contributed by atoms with Crippen molar-refractivity contribution >= 4 is 35.1 Å². The lowest BCUT2D eigenvalue weighted by molar-refractivity contribution is 0.102. The van der Waals surface area contributed by atoms with Gasteiger partial charge in [0, 0.05) is 18.8 Å². The first-order valence-corrected chi connectivity index (χ1v) is 10.2. The third-order valence-corrected chi connectivity index (χ3v) is 4.60. The van der Waals surface area contributed by atoms with E-state index in [2.05, 4.69) is 35.8 Å². The van der Waals surface area contributed by atoms with Crippen LogP contribution < -0.4 is 16.4 Å². The van der Waals surface area contributed by atoms with Crippen molar-refractivity contribution in [1.82, 2.24) is 20.2 Å². The molecule has 0 aliphatic carbocycles. The zero-order chi connectivity index (χ0) is 23.2. The second-order valence-electron chi connectivity index (χ2n) is 7.16. The molecule has 1 atom stereocenters. The van der Waals surface area contributed by atoms with Crippen LogP contribution in [0.3, 0.4) is 0 Å². The lowest BCUT2D eigenvalue weighted by atomic mass is 10.1. The van der Waals surface area contributed by atoms with Gasteiger partial charge in [0.05, 0.1) is 17.3 Å². The Morgan fingerprint density at radius 1 is 1.09 bits per heavy atom. The van der Waals surface area contributed by atoms with Crippen LogP contribution in [0.15, 0.2) is 70.3 Å². The van der Waals surface area contributed by atoms with E-state index in [-0.39, 0.29) is 23.7 Å². The van der Waals surface area contributed by atoms with Crippen LogP contribution in [0.1, 0.15) is 23.2 Å². The molecule has 4 N–H and O–H groups in total. The summed E-state index contributed by atoms with van der Waals surface area (Å²) < 4.78 is 5.49. The van der Waals surface area contributed by atoms with Crippen LogP contribution in [0.5, 0.6) is 0 Å². The van der Waals surface area contributed by atoms with Crippen molar-refractivity contribution in [3.8, 4) is 11.5 Å². The molecule has 2 aromatic carbocycles. The van der Waals surface area contributed by atoms with Crippen LogP contribution in [-0.4, -0.2) is 38.3 Å². The maximum atomic E-state index is 12.8. The summed E-state index contributed by atoms with van der Waals surface area (Å²) in [5.74, 6) is 1.02. The number of rotatable bonds is 7. The third-order valence-electron chi connectivity index (χ3n) is 4.60. The third kappa shape index (κ3) is 5.18. The van der Waals surface area contributed by atoms with Crippen LogP contribution in [0.2, 0.25) is 0 Å². The molecule has 10 heteroatoms. The number of aromatic nitrogens is 4. The summed E-state index contributed by atoms with van der Waals surface area (Å²) in [5.41, 5.74) is 8.14. The number of nitrogens with zero attached hydrogens (tertiary/aromatic N) is 5. The smallest absolute Gasteiger partial charge is 0.257 e. The number of nitrogens with one attached hydrogen (secondary N) is 2. The first-order valence-electron chi connectivity index (χ1n) is 10.2. The minimum atomic E-state index is -0.271. The number of amides is 1. The van der Waals surface area contributed by atoms with Crippen LogP contribution in [0.25, 0.3) is 11.5 Å². The van der Waals surface area contributed by atoms with E-state index >= 15 is 0 Å². The molecule has 0 saturated heterocycles. The largest absolute Gasteiger partial charge is 0.421 e. The van der Waals surface area contributed by atoms with E-state index in [0.29, 0.717) is 34.2 Å². The summed E-state index contributed by atoms with van der Waals surface area (Å²) >= 11 is 0. The molecule has 0 unspecified atom stereocenters. The zero-order valence-electron chi connectivity index (χ0n) is 18.1. The number of benzene rings is 2. The average Bonchev–Trinajstić information content (AvgIpc) is 3.24. The SMILES string of the molecule is Cc1nnc(-c2c(N)ncnc2N[C@@H](C)C=Nc2ccccc2C(=O)Nc2ccccc2)o1. The highest BCUT2D eigenvalue weighted by atomic mass is 16.4. The van der Waals surface area contributed by atoms with E-state index in [4.69, 9.17) is 10.2 Å². The molecule has 166 valence electrons. The second-order valence-corrected chi connectivity index (χ2v) is 7.16. The summed E-state index contributed by atoms with van der Waals surface area (Å²) in [7, 11) is 0. The van der Waals surface area contributed by atoms with Crippen molar-refractivity contribution in [3.63, 3.8) is 0 Å². The van der Waals surface area contributed by atoms with Gasteiger partial charge in [-0.1, -0.05) is 30.3 Å². The molecule has 0 fully saturated rings. The first kappa shape index (κ1) is 21.6. The molecule has 10 nitrogen and oxygen atoms in total. The van der Waals surface area contributed by atoms with Crippen molar-refractivity contribution < 1.29 is 9.21 Å². The van der Waals surface area contributed by atoms with Crippen molar-refractivity contribution in [2.45, 2.75) is 19.9 Å². The normalized spacial score (nSPS) is 11.9. The van der Waals surface area contributed by atoms with Crippen molar-refractivity contribution in [3.05, 3.63) is 72.4 Å². The number of aliphatic imine (C=N–C) groups is 1. The van der Waals surface area contributed by atoms with Gasteiger partial charge in [-0.3, -0.25) is 9.79 Å². The Bertz CT molecular complexity index is 1290. The Morgan fingerprint density at radius 2 is 1.85 bits per heavy atom. The van der Waals surface area contributed by atoms with Crippen LogP contribution in [-0.2, 0) is 0 Å². The molecule has 4 aromatic rings. The molecular formula is C23H22N8O2. The maximum Gasteiger partial charge on any atom is 0.257 e.